The van der Waals surface area contributed by atoms with Crippen molar-refractivity contribution in [3.63, 3.8) is 0 Å². The lowest BCUT2D eigenvalue weighted by atomic mass is 10.0. The second-order valence-electron chi connectivity index (χ2n) is 3.84. The van der Waals surface area contributed by atoms with Crippen LogP contribution in [0.4, 0.5) is 8.78 Å². The molecule has 0 amide bonds. The minimum atomic E-state index is -1.41. The van der Waals surface area contributed by atoms with Crippen LogP contribution in [0.25, 0.3) is 0 Å². The van der Waals surface area contributed by atoms with Crippen LogP contribution in [-0.2, 0) is 0 Å². The fraction of sp³-hybridized carbons (Fsp3) is 0.0833. The van der Waals surface area contributed by atoms with Gasteiger partial charge in [0.25, 0.3) is 0 Å². The zero-order valence-corrected chi connectivity index (χ0v) is 9.70. The van der Waals surface area contributed by atoms with Crippen molar-refractivity contribution in [1.29, 1.82) is 0 Å². The number of ketones is 1. The van der Waals surface area contributed by atoms with Gasteiger partial charge in [-0.05, 0) is 24.6 Å². The summed E-state index contributed by atoms with van der Waals surface area (Å²) in [5.41, 5.74) is -1.44. The molecule has 0 aliphatic heterocycles. The number of benzene rings is 1. The van der Waals surface area contributed by atoms with E-state index in [1.165, 1.54) is 6.92 Å². The molecule has 2 rings (SSSR count). The number of H-pyrrole nitrogens is 1. The molecule has 1 aromatic heterocycles. The smallest absolute Gasteiger partial charge is 0.354 e. The Bertz CT molecular complexity index is 680. The number of carbonyl (C=O) groups is 2. The maximum Gasteiger partial charge on any atom is 0.354 e. The molecule has 0 radical (unpaired) electrons. The van der Waals surface area contributed by atoms with Crippen LogP contribution in [0.5, 0.6) is 0 Å². The highest BCUT2D eigenvalue weighted by molar-refractivity contribution is 6.12. The number of aromatic nitrogens is 2. The van der Waals surface area contributed by atoms with Gasteiger partial charge in [0.2, 0.25) is 5.78 Å². The number of aryl methyl sites for hydroxylation is 1. The van der Waals surface area contributed by atoms with E-state index in [0.29, 0.717) is 0 Å². The van der Waals surface area contributed by atoms with Crippen molar-refractivity contribution in [2.75, 3.05) is 0 Å². The van der Waals surface area contributed by atoms with Gasteiger partial charge in [-0.15, -0.1) is 0 Å². The molecule has 0 saturated carbocycles. The molecule has 0 unspecified atom stereocenters. The molecule has 1 heterocycles. The van der Waals surface area contributed by atoms with Gasteiger partial charge >= 0.3 is 5.97 Å². The molecule has 2 aromatic rings. The summed E-state index contributed by atoms with van der Waals surface area (Å²) >= 11 is 0. The Labute approximate surface area is 105 Å². The third-order valence-corrected chi connectivity index (χ3v) is 2.56. The number of hydrogen-bond donors (Lipinski definition) is 2. The average Bonchev–Trinajstić information content (AvgIpc) is 2.82. The van der Waals surface area contributed by atoms with Gasteiger partial charge < -0.3 is 10.1 Å². The maximum atomic E-state index is 13.6. The first kappa shape index (κ1) is 12.9. The number of hydrogen-bond acceptors (Lipinski definition) is 3. The molecule has 98 valence electrons. The number of imidazole rings is 1. The lowest BCUT2D eigenvalue weighted by molar-refractivity contribution is 0.0686. The SMILES string of the molecule is Cc1cc(F)c(C(=O)c2nc[nH]c2C(=O)O)cc1F. The highest BCUT2D eigenvalue weighted by atomic mass is 19.1. The number of aromatic amines is 1. The van der Waals surface area contributed by atoms with E-state index < -0.39 is 40.3 Å². The Kier molecular flexibility index (Phi) is 3.12. The minimum Gasteiger partial charge on any atom is -0.477 e. The molecule has 0 aliphatic carbocycles. The summed E-state index contributed by atoms with van der Waals surface area (Å²) in [6.07, 6.45) is 0.999. The van der Waals surface area contributed by atoms with Crippen LogP contribution in [0, 0.1) is 18.6 Å². The monoisotopic (exact) mass is 266 g/mol. The first-order valence-corrected chi connectivity index (χ1v) is 5.19. The van der Waals surface area contributed by atoms with Crippen LogP contribution in [0.1, 0.15) is 32.1 Å². The number of carboxylic acids is 1. The average molecular weight is 266 g/mol. The summed E-state index contributed by atoms with van der Waals surface area (Å²) in [6.45, 7) is 1.35. The fourth-order valence-electron chi connectivity index (χ4n) is 1.58. The summed E-state index contributed by atoms with van der Waals surface area (Å²) in [5.74, 6) is -4.08. The summed E-state index contributed by atoms with van der Waals surface area (Å²) in [4.78, 5) is 28.6. The number of carboxylic acid groups (broad SMARTS) is 1. The molecule has 0 fully saturated rings. The van der Waals surface area contributed by atoms with Gasteiger partial charge in [0, 0.05) is 0 Å². The Hall–Kier alpha value is -2.57. The highest BCUT2D eigenvalue weighted by Crippen LogP contribution is 2.18. The molecule has 0 aliphatic rings. The van der Waals surface area contributed by atoms with Crippen LogP contribution in [0.2, 0.25) is 0 Å². The van der Waals surface area contributed by atoms with E-state index in [1.54, 1.807) is 0 Å². The van der Waals surface area contributed by atoms with Crippen molar-refractivity contribution in [2.24, 2.45) is 0 Å². The predicted octanol–water partition coefficient (Wildman–Crippen LogP) is 1.93. The van der Waals surface area contributed by atoms with Crippen LogP contribution >= 0.6 is 0 Å². The van der Waals surface area contributed by atoms with Gasteiger partial charge in [0.1, 0.15) is 17.3 Å². The zero-order chi connectivity index (χ0) is 14.2. The second-order valence-corrected chi connectivity index (χ2v) is 3.84. The van der Waals surface area contributed by atoms with Crippen molar-refractivity contribution >= 4 is 11.8 Å². The Morgan fingerprint density at radius 2 is 1.95 bits per heavy atom. The zero-order valence-electron chi connectivity index (χ0n) is 9.70. The third-order valence-electron chi connectivity index (χ3n) is 2.56. The van der Waals surface area contributed by atoms with Gasteiger partial charge in [0.15, 0.2) is 5.69 Å². The van der Waals surface area contributed by atoms with Crippen LogP contribution in [0.3, 0.4) is 0 Å². The topological polar surface area (TPSA) is 83.0 Å². The normalized spacial score (nSPS) is 10.5. The fourth-order valence-corrected chi connectivity index (χ4v) is 1.58. The van der Waals surface area contributed by atoms with Gasteiger partial charge in [-0.3, -0.25) is 4.79 Å². The lowest BCUT2D eigenvalue weighted by Crippen LogP contribution is -2.11. The van der Waals surface area contributed by atoms with Crippen molar-refractivity contribution in [1.82, 2.24) is 9.97 Å². The molecule has 0 bridgehead atoms. The van der Waals surface area contributed by atoms with Gasteiger partial charge in [-0.25, -0.2) is 18.6 Å². The van der Waals surface area contributed by atoms with Gasteiger partial charge in [-0.2, -0.15) is 0 Å². The number of nitrogens with zero attached hydrogens (tertiary/aromatic N) is 1. The quantitative estimate of drug-likeness (QED) is 0.831. The molecule has 7 heteroatoms. The second kappa shape index (κ2) is 4.60. The number of nitrogens with one attached hydrogen (secondary N) is 1. The Morgan fingerprint density at radius 1 is 1.26 bits per heavy atom. The van der Waals surface area contributed by atoms with E-state index in [1.807, 2.05) is 0 Å². The standard InChI is InChI=1S/C12H8F2N2O3/c1-5-2-8(14)6(3-7(5)13)11(17)9-10(12(18)19)16-4-15-9/h2-4H,1H3,(H,15,16)(H,18,19). The molecule has 5 nitrogen and oxygen atoms in total. The summed E-state index contributed by atoms with van der Waals surface area (Å²) in [6, 6.07) is 1.60. The summed E-state index contributed by atoms with van der Waals surface area (Å²) in [7, 11) is 0. The molecular formula is C12H8F2N2O3. The van der Waals surface area contributed by atoms with Crippen molar-refractivity contribution in [3.05, 3.63) is 52.6 Å². The number of rotatable bonds is 3. The molecule has 19 heavy (non-hydrogen) atoms. The summed E-state index contributed by atoms with van der Waals surface area (Å²) in [5, 5.41) is 8.83. The largest absolute Gasteiger partial charge is 0.477 e. The first-order chi connectivity index (χ1) is 8.91. The van der Waals surface area contributed by atoms with Gasteiger partial charge in [0.05, 0.1) is 11.9 Å². The van der Waals surface area contributed by atoms with E-state index in [-0.39, 0.29) is 5.56 Å². The van der Waals surface area contributed by atoms with E-state index in [4.69, 9.17) is 5.11 Å². The van der Waals surface area contributed by atoms with Crippen molar-refractivity contribution in [2.45, 2.75) is 6.92 Å². The molecule has 0 atom stereocenters. The first-order valence-electron chi connectivity index (χ1n) is 5.19. The Balaban J connectivity index is 2.53. The summed E-state index contributed by atoms with van der Waals surface area (Å²) < 4.78 is 27.0. The third kappa shape index (κ3) is 2.22. The predicted molar refractivity (Wildman–Crippen MR) is 60.1 cm³/mol. The van der Waals surface area contributed by atoms with E-state index in [0.717, 1.165) is 18.5 Å². The molecular weight excluding hydrogens is 258 g/mol. The van der Waals surface area contributed by atoms with Crippen LogP contribution in [-0.4, -0.2) is 26.8 Å². The maximum absolute atomic E-state index is 13.6. The Morgan fingerprint density at radius 3 is 2.58 bits per heavy atom. The van der Waals surface area contributed by atoms with Crippen molar-refractivity contribution in [3.8, 4) is 0 Å². The van der Waals surface area contributed by atoms with Crippen LogP contribution < -0.4 is 0 Å². The van der Waals surface area contributed by atoms with E-state index in [9.17, 15) is 18.4 Å². The number of aromatic carboxylic acids is 1. The lowest BCUT2D eigenvalue weighted by Gasteiger charge is -2.04. The van der Waals surface area contributed by atoms with Crippen LogP contribution in [0.15, 0.2) is 18.5 Å². The molecule has 2 N–H and O–H groups in total. The minimum absolute atomic E-state index is 0.0505. The van der Waals surface area contributed by atoms with E-state index >= 15 is 0 Å². The van der Waals surface area contributed by atoms with Gasteiger partial charge in [-0.1, -0.05) is 0 Å². The highest BCUT2D eigenvalue weighted by Gasteiger charge is 2.24. The van der Waals surface area contributed by atoms with E-state index in [2.05, 4.69) is 9.97 Å². The molecule has 0 saturated heterocycles. The molecule has 1 aromatic carbocycles. The number of carbonyl (C=O) groups excluding carboxylic acids is 1. The number of halogens is 2. The molecule has 0 spiro atoms. The van der Waals surface area contributed by atoms with Crippen molar-refractivity contribution < 1.29 is 23.5 Å².